The lowest BCUT2D eigenvalue weighted by atomic mass is 10.2. The summed E-state index contributed by atoms with van der Waals surface area (Å²) in [7, 11) is 0. The molecule has 4 N–H and O–H groups in total. The van der Waals surface area contributed by atoms with Crippen LogP contribution in [-0.2, 0) is 4.79 Å². The highest BCUT2D eigenvalue weighted by atomic mass is 35.5. The molecule has 0 saturated heterocycles. The number of benzene rings is 1. The van der Waals surface area contributed by atoms with Gasteiger partial charge in [0.2, 0.25) is 5.91 Å². The average molecular weight is 303 g/mol. The minimum Gasteiger partial charge on any atom is -0.397 e. The van der Waals surface area contributed by atoms with Gasteiger partial charge in [0.05, 0.1) is 17.3 Å². The average Bonchev–Trinajstić information content (AvgIpc) is 2.38. The molecule has 0 aromatic heterocycles. The van der Waals surface area contributed by atoms with Crippen LogP contribution in [0, 0.1) is 0 Å². The van der Waals surface area contributed by atoms with E-state index in [4.69, 9.17) is 22.4 Å². The second-order valence-electron chi connectivity index (χ2n) is 4.25. The summed E-state index contributed by atoms with van der Waals surface area (Å²) in [6.45, 7) is 2.13. The van der Waals surface area contributed by atoms with Crippen molar-refractivity contribution in [2.24, 2.45) is 0 Å². The number of carbonyl (C=O) groups excluding carboxylic acids is 1. The summed E-state index contributed by atoms with van der Waals surface area (Å²) < 4.78 is 0. The monoisotopic (exact) mass is 302 g/mol. The molecule has 19 heavy (non-hydrogen) atoms. The second kappa shape index (κ2) is 8.30. The maximum absolute atomic E-state index is 11.7. The zero-order chi connectivity index (χ0) is 14.3. The normalized spacial score (nSPS) is 12.2. The molecule has 0 aliphatic rings. The molecular formula is C13H19ClN2O2S. The van der Waals surface area contributed by atoms with Gasteiger partial charge in [-0.3, -0.25) is 4.79 Å². The van der Waals surface area contributed by atoms with Crippen LogP contribution in [0.2, 0.25) is 5.02 Å². The number of nitrogens with one attached hydrogen (secondary N) is 1. The van der Waals surface area contributed by atoms with E-state index in [-0.39, 0.29) is 17.8 Å². The van der Waals surface area contributed by atoms with Gasteiger partial charge in [-0.05, 0) is 30.4 Å². The molecule has 0 radical (unpaired) electrons. The maximum atomic E-state index is 11.7. The molecule has 0 heterocycles. The number of amides is 1. The van der Waals surface area contributed by atoms with Crippen LogP contribution in [0.15, 0.2) is 18.2 Å². The van der Waals surface area contributed by atoms with Gasteiger partial charge < -0.3 is 16.2 Å². The number of hydrogen-bond donors (Lipinski definition) is 3. The second-order valence-corrected chi connectivity index (χ2v) is 6.21. The highest BCUT2D eigenvalue weighted by molar-refractivity contribution is 7.99. The molecule has 1 aromatic rings. The van der Waals surface area contributed by atoms with Crippen molar-refractivity contribution < 1.29 is 9.90 Å². The topological polar surface area (TPSA) is 75.3 Å². The molecule has 0 aliphatic heterocycles. The summed E-state index contributed by atoms with van der Waals surface area (Å²) in [5.74, 6) is 0.816. The molecule has 6 heteroatoms. The first-order valence-electron chi connectivity index (χ1n) is 6.10. The first-order chi connectivity index (χ1) is 9.02. The summed E-state index contributed by atoms with van der Waals surface area (Å²) in [6.07, 6.45) is 1.23. The smallest absolute Gasteiger partial charge is 0.224 e. The quantitative estimate of drug-likeness (QED) is 0.535. The van der Waals surface area contributed by atoms with Crippen molar-refractivity contribution in [3.05, 3.63) is 23.2 Å². The SMILES string of the molecule is CC(CO)SCCCC(=O)Nc1ccc(Cl)c(N)c1. The Hall–Kier alpha value is -0.910. The van der Waals surface area contributed by atoms with Crippen molar-refractivity contribution in [3.63, 3.8) is 0 Å². The Balaban J connectivity index is 2.29. The van der Waals surface area contributed by atoms with Gasteiger partial charge in [0.1, 0.15) is 0 Å². The van der Waals surface area contributed by atoms with Crippen molar-refractivity contribution in [2.75, 3.05) is 23.4 Å². The largest absolute Gasteiger partial charge is 0.397 e. The predicted octanol–water partition coefficient (Wildman–Crippen LogP) is 2.75. The van der Waals surface area contributed by atoms with E-state index in [2.05, 4.69) is 5.32 Å². The fourth-order valence-electron chi connectivity index (χ4n) is 1.41. The summed E-state index contributed by atoms with van der Waals surface area (Å²) >= 11 is 7.46. The number of aliphatic hydroxyl groups is 1. The Labute approximate surface area is 122 Å². The molecule has 1 aromatic carbocycles. The Kier molecular flexibility index (Phi) is 7.05. The van der Waals surface area contributed by atoms with Crippen molar-refractivity contribution in [1.82, 2.24) is 0 Å². The van der Waals surface area contributed by atoms with E-state index in [0.29, 0.717) is 22.8 Å². The Morgan fingerprint density at radius 2 is 2.32 bits per heavy atom. The van der Waals surface area contributed by atoms with Gasteiger partial charge in [-0.2, -0.15) is 11.8 Å². The van der Waals surface area contributed by atoms with E-state index in [9.17, 15) is 4.79 Å². The van der Waals surface area contributed by atoms with Crippen LogP contribution in [0.4, 0.5) is 11.4 Å². The lowest BCUT2D eigenvalue weighted by Crippen LogP contribution is -2.12. The number of nitrogen functional groups attached to an aromatic ring is 1. The number of hydrogen-bond acceptors (Lipinski definition) is 4. The van der Waals surface area contributed by atoms with E-state index >= 15 is 0 Å². The van der Waals surface area contributed by atoms with Crippen molar-refractivity contribution in [1.29, 1.82) is 0 Å². The van der Waals surface area contributed by atoms with E-state index in [1.807, 2.05) is 6.92 Å². The highest BCUT2D eigenvalue weighted by Crippen LogP contribution is 2.22. The molecule has 0 saturated carbocycles. The van der Waals surface area contributed by atoms with Gasteiger partial charge in [-0.1, -0.05) is 18.5 Å². The molecule has 1 atom stereocenters. The molecule has 0 aliphatic carbocycles. The number of thioether (sulfide) groups is 1. The van der Waals surface area contributed by atoms with Crippen molar-refractivity contribution >= 4 is 40.6 Å². The zero-order valence-corrected chi connectivity index (χ0v) is 12.4. The third-order valence-corrected chi connectivity index (χ3v) is 4.07. The predicted molar refractivity (Wildman–Crippen MR) is 82.7 cm³/mol. The fraction of sp³-hybridized carbons (Fsp3) is 0.462. The van der Waals surface area contributed by atoms with E-state index in [1.165, 1.54) is 0 Å². The Morgan fingerprint density at radius 3 is 2.95 bits per heavy atom. The molecule has 0 fully saturated rings. The van der Waals surface area contributed by atoms with Crippen LogP contribution in [0.1, 0.15) is 19.8 Å². The first kappa shape index (κ1) is 16.1. The molecule has 1 rings (SSSR count). The van der Waals surface area contributed by atoms with Gasteiger partial charge in [0, 0.05) is 17.4 Å². The molecule has 4 nitrogen and oxygen atoms in total. The van der Waals surface area contributed by atoms with E-state index in [1.54, 1.807) is 30.0 Å². The van der Waals surface area contributed by atoms with Gasteiger partial charge >= 0.3 is 0 Å². The molecule has 0 bridgehead atoms. The van der Waals surface area contributed by atoms with Gasteiger partial charge in [0.15, 0.2) is 0 Å². The summed E-state index contributed by atoms with van der Waals surface area (Å²) in [4.78, 5) is 11.7. The standard InChI is InChI=1S/C13H19ClN2O2S/c1-9(8-17)19-6-2-3-13(18)16-10-4-5-11(14)12(15)7-10/h4-5,7,9,17H,2-3,6,8,15H2,1H3,(H,16,18). The molecule has 0 spiro atoms. The zero-order valence-electron chi connectivity index (χ0n) is 10.9. The van der Waals surface area contributed by atoms with E-state index < -0.39 is 0 Å². The van der Waals surface area contributed by atoms with Crippen LogP contribution in [-0.4, -0.2) is 28.6 Å². The van der Waals surface area contributed by atoms with Crippen LogP contribution in [0.3, 0.4) is 0 Å². The van der Waals surface area contributed by atoms with Crippen LogP contribution >= 0.6 is 23.4 Å². The number of nitrogens with two attached hydrogens (primary N) is 1. The molecule has 106 valence electrons. The molecule has 1 amide bonds. The summed E-state index contributed by atoms with van der Waals surface area (Å²) in [6, 6.07) is 5.02. The number of carbonyl (C=O) groups is 1. The number of anilines is 2. The van der Waals surface area contributed by atoms with Crippen LogP contribution in [0.25, 0.3) is 0 Å². The number of halogens is 1. The maximum Gasteiger partial charge on any atom is 0.224 e. The third kappa shape index (κ3) is 6.18. The third-order valence-electron chi connectivity index (χ3n) is 2.49. The van der Waals surface area contributed by atoms with Crippen molar-refractivity contribution in [2.45, 2.75) is 25.0 Å². The lowest BCUT2D eigenvalue weighted by Gasteiger charge is -2.08. The van der Waals surface area contributed by atoms with Crippen molar-refractivity contribution in [3.8, 4) is 0 Å². The minimum atomic E-state index is -0.0426. The van der Waals surface area contributed by atoms with Gasteiger partial charge in [-0.25, -0.2) is 0 Å². The Morgan fingerprint density at radius 1 is 1.58 bits per heavy atom. The van der Waals surface area contributed by atoms with Crippen LogP contribution < -0.4 is 11.1 Å². The lowest BCUT2D eigenvalue weighted by molar-refractivity contribution is -0.116. The number of aliphatic hydroxyl groups excluding tert-OH is 1. The summed E-state index contributed by atoms with van der Waals surface area (Å²) in [5, 5.41) is 12.3. The molecule has 1 unspecified atom stereocenters. The highest BCUT2D eigenvalue weighted by Gasteiger charge is 2.05. The minimum absolute atomic E-state index is 0.0426. The number of rotatable bonds is 7. The fourth-order valence-corrected chi connectivity index (χ4v) is 2.35. The first-order valence-corrected chi connectivity index (χ1v) is 7.53. The van der Waals surface area contributed by atoms with Crippen LogP contribution in [0.5, 0.6) is 0 Å². The summed E-state index contributed by atoms with van der Waals surface area (Å²) in [5.41, 5.74) is 6.76. The Bertz CT molecular complexity index is 429. The van der Waals surface area contributed by atoms with Gasteiger partial charge in [0.25, 0.3) is 0 Å². The molecular weight excluding hydrogens is 284 g/mol. The van der Waals surface area contributed by atoms with E-state index in [0.717, 1.165) is 12.2 Å². The van der Waals surface area contributed by atoms with Gasteiger partial charge in [-0.15, -0.1) is 0 Å².